The zero-order valence-corrected chi connectivity index (χ0v) is 60.7. The maximum absolute atomic E-state index is 14.4. The lowest BCUT2D eigenvalue weighted by Gasteiger charge is -2.31. The summed E-state index contributed by atoms with van der Waals surface area (Å²) in [5.41, 5.74) is 17.4. The quantitative estimate of drug-likeness (QED) is 0.0377. The Morgan fingerprint density at radius 1 is 0.333 bits per heavy atom. The van der Waals surface area contributed by atoms with Gasteiger partial charge in [0.2, 0.25) is 29.5 Å². The number of nitrogens with zero attached hydrogens (tertiary/aromatic N) is 5. The first-order chi connectivity index (χ1) is 44.0. The summed E-state index contributed by atoms with van der Waals surface area (Å²) < 4.78 is 0. The number of hydrogen-bond acceptors (Lipinski definition) is 14. The van der Waals surface area contributed by atoms with E-state index in [2.05, 4.69) is 19.1 Å². The number of nitrogens with two attached hydrogens (primary N) is 3. The molecule has 0 unspecified atom stereocenters. The van der Waals surface area contributed by atoms with E-state index in [1.165, 1.54) is 90.2 Å². The average molecular weight is 1310 g/mol. The van der Waals surface area contributed by atoms with Crippen molar-refractivity contribution in [3.8, 4) is 0 Å². The molecule has 0 rings (SSSR count). The highest BCUT2D eigenvalue weighted by molar-refractivity contribution is 5.89. The number of ketones is 6. The molecule has 0 aliphatic carbocycles. The Hall–Kier alpha value is -5.01. The first-order valence-electron chi connectivity index (χ1n) is 36.2. The van der Waals surface area contributed by atoms with Gasteiger partial charge in [-0.2, -0.15) is 0 Å². The molecule has 0 aromatic carbocycles. The molecule has 5 atom stereocenters. The molecule has 0 fully saturated rings. The molecule has 0 bridgehead atoms. The first kappa shape index (κ1) is 88.0. The Morgan fingerprint density at radius 3 is 0.957 bits per heavy atom. The molecule has 0 aliphatic heterocycles. The third-order valence-corrected chi connectivity index (χ3v) is 16.9. The van der Waals surface area contributed by atoms with Gasteiger partial charge in [0.05, 0.1) is 32.7 Å². The maximum atomic E-state index is 14.4. The fourth-order valence-corrected chi connectivity index (χ4v) is 12.7. The second-order valence-electron chi connectivity index (χ2n) is 28.7. The van der Waals surface area contributed by atoms with Crippen LogP contribution >= 0.6 is 0 Å². The number of carbonyl (C=O) groups is 11. The second kappa shape index (κ2) is 53.2. The van der Waals surface area contributed by atoms with Crippen LogP contribution < -0.4 is 17.2 Å². The van der Waals surface area contributed by atoms with Gasteiger partial charge in [-0.15, -0.1) is 0 Å². The molecule has 93 heavy (non-hydrogen) atoms. The zero-order chi connectivity index (χ0) is 70.3. The molecule has 0 saturated carbocycles. The summed E-state index contributed by atoms with van der Waals surface area (Å²) in [6.45, 7) is 23.2. The van der Waals surface area contributed by atoms with Gasteiger partial charge < -0.3 is 41.7 Å². The monoisotopic (exact) mass is 1310 g/mol. The van der Waals surface area contributed by atoms with Crippen molar-refractivity contribution in [3.05, 3.63) is 12.2 Å². The molecular weight excluding hydrogens is 1180 g/mol. The van der Waals surface area contributed by atoms with E-state index in [4.69, 9.17) is 17.2 Å². The first-order valence-corrected chi connectivity index (χ1v) is 36.2. The molecule has 0 saturated heterocycles. The van der Waals surface area contributed by atoms with Gasteiger partial charge in [0.1, 0.15) is 11.6 Å². The van der Waals surface area contributed by atoms with Crippen LogP contribution in [0.5, 0.6) is 0 Å². The van der Waals surface area contributed by atoms with Crippen molar-refractivity contribution < 1.29 is 52.7 Å². The molecule has 0 radical (unpaired) electrons. The summed E-state index contributed by atoms with van der Waals surface area (Å²) in [6.07, 6.45) is 24.5. The molecule has 536 valence electrons. The molecule has 19 heteroatoms. The fourth-order valence-electron chi connectivity index (χ4n) is 12.7. The molecule has 0 heterocycles. The molecule has 0 aliphatic rings. The maximum Gasteiger partial charge on any atom is 0.223 e. The molecule has 0 spiro atoms. The summed E-state index contributed by atoms with van der Waals surface area (Å²) in [7, 11) is 0. The van der Waals surface area contributed by atoms with Gasteiger partial charge in [0.15, 0.2) is 23.1 Å². The predicted octanol–water partition coefficient (Wildman–Crippen LogP) is 11.1. The van der Waals surface area contributed by atoms with E-state index in [1.807, 2.05) is 55.4 Å². The van der Waals surface area contributed by atoms with Crippen molar-refractivity contribution >= 4 is 64.2 Å². The van der Waals surface area contributed by atoms with Crippen molar-refractivity contribution in [1.82, 2.24) is 24.5 Å². The van der Waals surface area contributed by atoms with E-state index in [1.54, 1.807) is 0 Å². The Bertz CT molecular complexity index is 2220. The number of allylic oxidation sites excluding steroid dienone is 2. The highest BCUT2D eigenvalue weighted by Crippen LogP contribution is 2.25. The molecule has 0 aromatic rings. The van der Waals surface area contributed by atoms with E-state index in [9.17, 15) is 52.7 Å². The van der Waals surface area contributed by atoms with E-state index in [-0.39, 0.29) is 235 Å². The van der Waals surface area contributed by atoms with Crippen LogP contribution in [-0.4, -0.2) is 174 Å². The van der Waals surface area contributed by atoms with Crippen LogP contribution in [0.4, 0.5) is 0 Å². The third-order valence-electron chi connectivity index (χ3n) is 16.9. The minimum Gasteiger partial charge on any atom is -0.335 e. The van der Waals surface area contributed by atoms with Crippen molar-refractivity contribution in [3.63, 3.8) is 0 Å². The number of amides is 5. The predicted molar refractivity (Wildman–Crippen MR) is 375 cm³/mol. The van der Waals surface area contributed by atoms with Crippen molar-refractivity contribution in [2.45, 2.75) is 263 Å². The summed E-state index contributed by atoms with van der Waals surface area (Å²) in [4.78, 5) is 156. The molecule has 19 nitrogen and oxygen atoms in total. The van der Waals surface area contributed by atoms with Crippen molar-refractivity contribution in [1.29, 1.82) is 0 Å². The number of rotatable bonds is 60. The Kier molecular flexibility index (Phi) is 50.3. The van der Waals surface area contributed by atoms with Gasteiger partial charge in [-0.1, -0.05) is 126 Å². The summed E-state index contributed by atoms with van der Waals surface area (Å²) in [5, 5.41) is 0. The number of hydrogen-bond donors (Lipinski definition) is 3. The average Bonchev–Trinajstić information content (AvgIpc) is 1.03. The molecule has 0 aromatic heterocycles. The van der Waals surface area contributed by atoms with Crippen LogP contribution in [-0.2, 0) is 52.7 Å². The van der Waals surface area contributed by atoms with E-state index in [0.717, 1.165) is 38.5 Å². The van der Waals surface area contributed by atoms with Gasteiger partial charge in [-0.3, -0.25) is 52.7 Å². The Labute approximate surface area is 563 Å². The van der Waals surface area contributed by atoms with Crippen LogP contribution in [0.3, 0.4) is 0 Å². The molecule has 6 N–H and O–H groups in total. The van der Waals surface area contributed by atoms with Gasteiger partial charge in [-0.25, -0.2) is 0 Å². The van der Waals surface area contributed by atoms with Gasteiger partial charge in [0.25, 0.3) is 0 Å². The zero-order valence-electron chi connectivity index (χ0n) is 60.7. The molecular formula is C74H134N8O11. The van der Waals surface area contributed by atoms with Crippen LogP contribution in [0.1, 0.15) is 263 Å². The number of carbonyl (C=O) groups excluding carboxylic acids is 11. The number of Topliss-reactive ketones (excluding diaryl/α,β-unsaturated/α-hetero) is 6. The minimum atomic E-state index is -0.371. The van der Waals surface area contributed by atoms with Crippen molar-refractivity contribution in [2.24, 2.45) is 64.5 Å². The molecule has 5 amide bonds. The minimum absolute atomic E-state index is 0.0158. The van der Waals surface area contributed by atoms with E-state index < -0.39 is 0 Å². The van der Waals surface area contributed by atoms with Crippen LogP contribution in [0, 0.1) is 47.3 Å². The van der Waals surface area contributed by atoms with Crippen LogP contribution in [0.15, 0.2) is 12.2 Å². The second-order valence-corrected chi connectivity index (χ2v) is 28.7. The fraction of sp³-hybridized carbons (Fsp3) is 0.824. The Balaban J connectivity index is 6.00. The van der Waals surface area contributed by atoms with Crippen LogP contribution in [0.25, 0.3) is 0 Å². The van der Waals surface area contributed by atoms with Gasteiger partial charge in [-0.05, 0) is 145 Å². The van der Waals surface area contributed by atoms with Gasteiger partial charge >= 0.3 is 0 Å². The number of unbranched alkanes of at least 4 members (excludes halogenated alkanes) is 11. The summed E-state index contributed by atoms with van der Waals surface area (Å²) in [6, 6.07) is 0. The summed E-state index contributed by atoms with van der Waals surface area (Å²) >= 11 is 0. The highest BCUT2D eigenvalue weighted by Gasteiger charge is 2.31. The third kappa shape index (κ3) is 46.7. The van der Waals surface area contributed by atoms with E-state index >= 15 is 0 Å². The SMILES string of the molecule is CCCCCCCC/C=C\CCCCCCCC(=O)C[C@@H](C)CN(CC(=O)C[C@@H](C)CN(CC(=O)C[C@@H](CC(C)C)CN(CC(=O)C[C@@H](CC(C)C)CN(CC(=O)C[C@@H](CC(C)C)CN(CC(C)=O)C(=O)CCCN)C(=O)CCCN)C(=O)CCCN)C(C)=O)C(C)=O. The van der Waals surface area contributed by atoms with Crippen molar-refractivity contribution in [2.75, 3.05) is 85.1 Å². The van der Waals surface area contributed by atoms with E-state index in [0.29, 0.717) is 57.9 Å². The lowest BCUT2D eigenvalue weighted by molar-refractivity contribution is -0.138. The topological polar surface area (TPSA) is 282 Å². The lowest BCUT2D eigenvalue weighted by atomic mass is 9.89. The largest absolute Gasteiger partial charge is 0.335 e. The Morgan fingerprint density at radius 2 is 0.634 bits per heavy atom. The standard InChI is InChI=1S/C74H134N8O11/c1-13-14-15-16-17-18-19-20-21-22-23-24-25-26-27-31-67(86)41-59(8)46-78(62(11)84)52-68(87)42-60(9)47-79(63(12)85)53-69(88)43-65(39-57(4)5)50-81(73(92)33-29-36-76)55-71(90)45-66(40-58(6)7)51-82(74(93)34-30-37-77)54-70(89)44-64(38-56(2)3)49-80(48-61(10)83)72(91)32-28-35-75/h20-21,56-60,64-66H,13-19,22-55,75-77H2,1-12H3/b21-20-/t59-,60-,64-,65-,66-/m1/s1. The lowest BCUT2D eigenvalue weighted by Crippen LogP contribution is -2.43. The summed E-state index contributed by atoms with van der Waals surface area (Å²) in [5.74, 6) is -3.30. The van der Waals surface area contributed by atoms with Crippen LogP contribution in [0.2, 0.25) is 0 Å². The van der Waals surface area contributed by atoms with Gasteiger partial charge in [0, 0.05) is 104 Å². The smallest absolute Gasteiger partial charge is 0.223 e. The highest BCUT2D eigenvalue weighted by atomic mass is 16.2. The normalized spacial score (nSPS) is 13.2.